The van der Waals surface area contributed by atoms with Crippen LogP contribution in [0.5, 0.6) is 0 Å². The number of fused-ring (bicyclic) bond motifs is 1. The zero-order chi connectivity index (χ0) is 38.1. The van der Waals surface area contributed by atoms with E-state index in [9.17, 15) is 14.4 Å². The summed E-state index contributed by atoms with van der Waals surface area (Å²) in [5.74, 6) is -2.36. The number of rotatable bonds is 7. The first kappa shape index (κ1) is 38.1. The van der Waals surface area contributed by atoms with Gasteiger partial charge >= 0.3 is 12.2 Å². The topological polar surface area (TPSA) is 122 Å². The monoisotopic (exact) mass is 719 g/mol. The van der Waals surface area contributed by atoms with E-state index in [4.69, 9.17) is 9.47 Å². The van der Waals surface area contributed by atoms with Crippen LogP contribution in [-0.2, 0) is 16.0 Å². The highest BCUT2D eigenvalue weighted by Gasteiger charge is 2.27. The van der Waals surface area contributed by atoms with Crippen molar-refractivity contribution in [2.24, 2.45) is 0 Å². The van der Waals surface area contributed by atoms with Gasteiger partial charge in [0.2, 0.25) is 0 Å². The Balaban J connectivity index is 1.47. The van der Waals surface area contributed by atoms with Gasteiger partial charge in [-0.1, -0.05) is 0 Å². The van der Waals surface area contributed by atoms with Gasteiger partial charge in [-0.2, -0.15) is 4.68 Å². The van der Waals surface area contributed by atoms with Crippen molar-refractivity contribution in [1.29, 1.82) is 0 Å². The Morgan fingerprint density at radius 2 is 1.50 bits per heavy atom. The highest BCUT2D eigenvalue weighted by Crippen LogP contribution is 2.32. The van der Waals surface area contributed by atoms with E-state index < -0.39 is 46.5 Å². The molecule has 4 aromatic rings. The standard InChI is InChI=1S/C38H47F2N7O5/c1-23(2)46(35(49)51-37(3,4)5)22-24-18-28(39)32(29(40)19-24)30-20-27-31(21-41-30)47(36(50)52-38(6,7)8)43-33(27)42-34(48)25-10-12-26(13-11-25)45-16-14-44(9)15-17-45/h10-13,18-21,23H,14-17,22H2,1-9H3,(H,42,43,48). The van der Waals surface area contributed by atoms with E-state index in [2.05, 4.69) is 32.2 Å². The fraction of sp³-hybridized carbons (Fsp3) is 0.447. The Kier molecular flexibility index (Phi) is 10.9. The molecule has 0 aliphatic carbocycles. The van der Waals surface area contributed by atoms with E-state index in [0.717, 1.165) is 48.7 Å². The van der Waals surface area contributed by atoms with Gasteiger partial charge in [-0.25, -0.2) is 18.4 Å². The van der Waals surface area contributed by atoms with E-state index in [1.807, 2.05) is 12.1 Å². The number of hydrogen-bond acceptors (Lipinski definition) is 9. The molecule has 2 aromatic heterocycles. The van der Waals surface area contributed by atoms with Gasteiger partial charge in [0.05, 0.1) is 17.5 Å². The number of aromatic nitrogens is 3. The van der Waals surface area contributed by atoms with E-state index in [1.54, 1.807) is 67.5 Å². The van der Waals surface area contributed by atoms with Crippen LogP contribution < -0.4 is 10.2 Å². The average Bonchev–Trinajstić information content (AvgIpc) is 3.39. The van der Waals surface area contributed by atoms with Crippen LogP contribution in [0.2, 0.25) is 0 Å². The predicted molar refractivity (Wildman–Crippen MR) is 196 cm³/mol. The molecule has 0 atom stereocenters. The van der Waals surface area contributed by atoms with Crippen molar-refractivity contribution in [3.8, 4) is 11.3 Å². The molecule has 1 N–H and O–H groups in total. The molecule has 1 aliphatic rings. The molecule has 2 amide bonds. The number of piperazine rings is 1. The van der Waals surface area contributed by atoms with Crippen molar-refractivity contribution in [2.45, 2.75) is 79.2 Å². The van der Waals surface area contributed by atoms with Gasteiger partial charge in [-0.15, -0.1) is 5.10 Å². The number of likely N-dealkylation sites (N-methyl/N-ethyl adjacent to an activating group) is 1. The van der Waals surface area contributed by atoms with Crippen LogP contribution >= 0.6 is 0 Å². The summed E-state index contributed by atoms with van der Waals surface area (Å²) in [6.07, 6.45) is -0.190. The molecule has 0 spiro atoms. The van der Waals surface area contributed by atoms with Gasteiger partial charge in [0, 0.05) is 55.4 Å². The minimum Gasteiger partial charge on any atom is -0.444 e. The summed E-state index contributed by atoms with van der Waals surface area (Å²) in [4.78, 5) is 49.7. The first-order valence-corrected chi connectivity index (χ1v) is 17.2. The lowest BCUT2D eigenvalue weighted by Crippen LogP contribution is -2.44. The summed E-state index contributed by atoms with van der Waals surface area (Å²) in [5, 5.41) is 7.30. The van der Waals surface area contributed by atoms with Crippen molar-refractivity contribution in [3.63, 3.8) is 0 Å². The number of benzene rings is 2. The number of carbonyl (C=O) groups excluding carboxylic acids is 3. The third-order valence-corrected chi connectivity index (χ3v) is 8.32. The van der Waals surface area contributed by atoms with Gasteiger partial charge < -0.3 is 29.5 Å². The van der Waals surface area contributed by atoms with Crippen molar-refractivity contribution in [3.05, 3.63) is 71.4 Å². The van der Waals surface area contributed by atoms with Gasteiger partial charge in [-0.3, -0.25) is 9.78 Å². The number of hydrogen-bond donors (Lipinski definition) is 1. The molecule has 1 fully saturated rings. The van der Waals surface area contributed by atoms with Crippen LogP contribution in [0.15, 0.2) is 48.7 Å². The van der Waals surface area contributed by atoms with Crippen molar-refractivity contribution in [2.75, 3.05) is 43.4 Å². The van der Waals surface area contributed by atoms with E-state index in [0.29, 0.717) is 5.56 Å². The second-order valence-electron chi connectivity index (χ2n) is 15.3. The Morgan fingerprint density at radius 3 is 2.06 bits per heavy atom. The Bertz CT molecular complexity index is 1930. The lowest BCUT2D eigenvalue weighted by molar-refractivity contribution is 0.0171. The van der Waals surface area contributed by atoms with Crippen LogP contribution in [0.1, 0.15) is 71.3 Å². The number of anilines is 2. The molecule has 0 unspecified atom stereocenters. The molecule has 12 nitrogen and oxygen atoms in total. The number of nitrogens with zero attached hydrogens (tertiary/aromatic N) is 6. The maximum atomic E-state index is 15.8. The number of nitrogens with one attached hydrogen (secondary N) is 1. The molecule has 1 saturated heterocycles. The third-order valence-electron chi connectivity index (χ3n) is 8.32. The predicted octanol–water partition coefficient (Wildman–Crippen LogP) is 7.31. The summed E-state index contributed by atoms with van der Waals surface area (Å²) in [5.41, 5.74) is -0.429. The summed E-state index contributed by atoms with van der Waals surface area (Å²) >= 11 is 0. The van der Waals surface area contributed by atoms with E-state index in [1.165, 1.54) is 17.2 Å². The summed E-state index contributed by atoms with van der Waals surface area (Å²) < 4.78 is 43.5. The minimum atomic E-state index is -0.916. The van der Waals surface area contributed by atoms with E-state index >= 15 is 8.78 Å². The number of amides is 2. The molecule has 278 valence electrons. The van der Waals surface area contributed by atoms with Crippen LogP contribution in [-0.4, -0.2) is 93.1 Å². The second-order valence-corrected chi connectivity index (χ2v) is 15.3. The fourth-order valence-electron chi connectivity index (χ4n) is 5.69. The summed E-state index contributed by atoms with van der Waals surface area (Å²) in [7, 11) is 2.08. The van der Waals surface area contributed by atoms with Crippen LogP contribution in [0.3, 0.4) is 0 Å². The lowest BCUT2D eigenvalue weighted by Gasteiger charge is -2.34. The molecule has 3 heterocycles. The first-order valence-electron chi connectivity index (χ1n) is 17.2. The van der Waals surface area contributed by atoms with Crippen LogP contribution in [0, 0.1) is 11.6 Å². The van der Waals surface area contributed by atoms with Crippen LogP contribution in [0.4, 0.5) is 29.9 Å². The van der Waals surface area contributed by atoms with Crippen molar-refractivity contribution in [1.82, 2.24) is 24.6 Å². The summed E-state index contributed by atoms with van der Waals surface area (Å²) in [6, 6.07) is 10.5. The number of pyridine rings is 1. The smallest absolute Gasteiger partial charge is 0.435 e. The number of halogens is 2. The second kappa shape index (κ2) is 14.9. The average molecular weight is 720 g/mol. The molecule has 52 heavy (non-hydrogen) atoms. The van der Waals surface area contributed by atoms with Gasteiger partial charge in [0.15, 0.2) is 5.82 Å². The van der Waals surface area contributed by atoms with Crippen LogP contribution in [0.25, 0.3) is 22.2 Å². The molecule has 5 rings (SSSR count). The Morgan fingerprint density at radius 1 is 0.904 bits per heavy atom. The molecular weight excluding hydrogens is 672 g/mol. The molecule has 2 aromatic carbocycles. The maximum Gasteiger partial charge on any atom is 0.435 e. The van der Waals surface area contributed by atoms with Crippen molar-refractivity contribution >= 4 is 40.5 Å². The first-order chi connectivity index (χ1) is 24.3. The van der Waals surface area contributed by atoms with Gasteiger partial charge in [0.1, 0.15) is 28.4 Å². The zero-order valence-electron chi connectivity index (χ0n) is 31.2. The normalized spacial score (nSPS) is 14.1. The maximum absolute atomic E-state index is 15.8. The molecule has 0 bridgehead atoms. The molecule has 14 heteroatoms. The highest BCUT2D eigenvalue weighted by atomic mass is 19.1. The third kappa shape index (κ3) is 9.02. The number of ether oxygens (including phenoxy) is 2. The zero-order valence-corrected chi connectivity index (χ0v) is 31.2. The summed E-state index contributed by atoms with van der Waals surface area (Å²) in [6.45, 7) is 17.4. The lowest BCUT2D eigenvalue weighted by atomic mass is 10.0. The molecule has 0 radical (unpaired) electrons. The molecular formula is C38H47F2N7O5. The molecule has 1 aliphatic heterocycles. The van der Waals surface area contributed by atoms with Gasteiger partial charge in [-0.05, 0) is 110 Å². The fourth-order valence-corrected chi connectivity index (χ4v) is 5.69. The largest absolute Gasteiger partial charge is 0.444 e. The SMILES string of the molecule is CC(C)N(Cc1cc(F)c(-c2cc3c(NC(=O)c4ccc(N5CCN(C)CC5)cc4)nn(C(=O)OC(C)(C)C)c3cn2)c(F)c1)C(=O)OC(C)(C)C. The van der Waals surface area contributed by atoms with E-state index in [-0.39, 0.29) is 40.6 Å². The van der Waals surface area contributed by atoms with Gasteiger partial charge in [0.25, 0.3) is 5.91 Å². The highest BCUT2D eigenvalue weighted by molar-refractivity contribution is 6.09. The Labute approximate surface area is 302 Å². The van der Waals surface area contributed by atoms with Crippen molar-refractivity contribution < 1.29 is 32.6 Å². The molecule has 0 saturated carbocycles. The number of carbonyl (C=O) groups is 3. The Hall–Kier alpha value is -5.11. The quantitative estimate of drug-likeness (QED) is 0.210. The minimum absolute atomic E-state index is 0.0278.